The van der Waals surface area contributed by atoms with E-state index in [1.807, 2.05) is 6.07 Å². The predicted octanol–water partition coefficient (Wildman–Crippen LogP) is 6.40. The topological polar surface area (TPSA) is 33.4 Å². The second-order valence-corrected chi connectivity index (χ2v) is 8.59. The lowest BCUT2D eigenvalue weighted by molar-refractivity contribution is 0.476. The van der Waals surface area contributed by atoms with E-state index in [-0.39, 0.29) is 16.6 Å². The Hall–Kier alpha value is -2.22. The van der Waals surface area contributed by atoms with Crippen LogP contribution in [-0.4, -0.2) is 5.11 Å². The fourth-order valence-electron chi connectivity index (χ4n) is 2.92. The number of furan rings is 1. The van der Waals surface area contributed by atoms with Crippen LogP contribution in [-0.2, 0) is 10.8 Å². The minimum Gasteiger partial charge on any atom is -0.507 e. The van der Waals surface area contributed by atoms with Crippen LogP contribution in [0.25, 0.3) is 22.1 Å². The average Bonchev–Trinajstić information content (AvgIpc) is 2.88. The van der Waals surface area contributed by atoms with Gasteiger partial charge in [0.05, 0.1) is 6.26 Å². The molecule has 0 atom stereocenters. The third kappa shape index (κ3) is 2.93. The van der Waals surface area contributed by atoms with E-state index in [0.29, 0.717) is 0 Å². The molecule has 3 rings (SSSR count). The third-order valence-electron chi connectivity index (χ3n) is 4.59. The molecular weight excluding hydrogens is 296 g/mol. The number of rotatable bonds is 1. The summed E-state index contributed by atoms with van der Waals surface area (Å²) in [7, 11) is 0. The molecule has 1 N–H and O–H groups in total. The highest BCUT2D eigenvalue weighted by atomic mass is 16.3. The van der Waals surface area contributed by atoms with E-state index in [1.165, 1.54) is 11.1 Å². The van der Waals surface area contributed by atoms with Crippen molar-refractivity contribution in [2.75, 3.05) is 0 Å². The van der Waals surface area contributed by atoms with E-state index in [9.17, 15) is 5.11 Å². The number of hydrogen-bond acceptors (Lipinski definition) is 2. The Kier molecular flexibility index (Phi) is 3.75. The van der Waals surface area contributed by atoms with Gasteiger partial charge in [0.15, 0.2) is 0 Å². The van der Waals surface area contributed by atoms with Gasteiger partial charge >= 0.3 is 0 Å². The van der Waals surface area contributed by atoms with Crippen molar-refractivity contribution in [1.29, 1.82) is 0 Å². The highest BCUT2D eigenvalue weighted by Crippen LogP contribution is 2.39. The molecule has 1 aromatic heterocycles. The first-order valence-electron chi connectivity index (χ1n) is 8.43. The summed E-state index contributed by atoms with van der Waals surface area (Å²) in [5.74, 6) is 0.283. The monoisotopic (exact) mass is 322 g/mol. The first kappa shape index (κ1) is 16.6. The van der Waals surface area contributed by atoms with Crippen LogP contribution in [0, 0.1) is 0 Å². The Labute approximate surface area is 144 Å². The lowest BCUT2D eigenvalue weighted by Crippen LogP contribution is -2.10. The minimum atomic E-state index is 0.0292. The van der Waals surface area contributed by atoms with Crippen molar-refractivity contribution in [3.8, 4) is 16.9 Å². The maximum absolute atomic E-state index is 10.4. The Morgan fingerprint density at radius 2 is 1.33 bits per heavy atom. The molecule has 2 aromatic carbocycles. The highest BCUT2D eigenvalue weighted by Gasteiger charge is 2.20. The number of aromatic hydroxyl groups is 1. The summed E-state index contributed by atoms with van der Waals surface area (Å²) in [5.41, 5.74) is 5.16. The largest absolute Gasteiger partial charge is 0.507 e. The summed E-state index contributed by atoms with van der Waals surface area (Å²) in [6, 6.07) is 12.2. The Bertz CT molecular complexity index is 886. The van der Waals surface area contributed by atoms with Crippen LogP contribution in [0.4, 0.5) is 0 Å². The number of hydrogen-bond donors (Lipinski definition) is 1. The van der Waals surface area contributed by atoms with Crippen molar-refractivity contribution in [3.63, 3.8) is 0 Å². The zero-order valence-corrected chi connectivity index (χ0v) is 15.4. The molecule has 126 valence electrons. The van der Waals surface area contributed by atoms with Crippen molar-refractivity contribution in [1.82, 2.24) is 0 Å². The molecule has 0 aliphatic carbocycles. The van der Waals surface area contributed by atoms with Crippen molar-refractivity contribution >= 4 is 11.0 Å². The molecule has 0 aliphatic rings. The second kappa shape index (κ2) is 5.41. The van der Waals surface area contributed by atoms with Gasteiger partial charge in [0.2, 0.25) is 0 Å². The van der Waals surface area contributed by atoms with E-state index in [4.69, 9.17) is 4.42 Å². The van der Waals surface area contributed by atoms with Gasteiger partial charge in [0, 0.05) is 16.5 Å². The number of fused-ring (bicyclic) bond motifs is 1. The Morgan fingerprint density at radius 1 is 0.750 bits per heavy atom. The normalized spacial score (nSPS) is 12.8. The number of phenolic OH excluding ortho intramolecular Hbond substituents is 1. The molecule has 0 unspecified atom stereocenters. The smallest absolute Gasteiger partial charge is 0.134 e. The lowest BCUT2D eigenvalue weighted by atomic mass is 9.84. The molecule has 0 aliphatic heterocycles. The SMILES string of the molecule is CC(C)(C)c1ccc(O)c(-c2coc3cc(C(C)(C)C)ccc23)c1. The molecule has 2 nitrogen and oxygen atoms in total. The summed E-state index contributed by atoms with van der Waals surface area (Å²) in [6.45, 7) is 13.1. The minimum absolute atomic E-state index is 0.0292. The first-order chi connectivity index (χ1) is 11.1. The number of benzene rings is 2. The molecule has 0 saturated carbocycles. The van der Waals surface area contributed by atoms with Gasteiger partial charge in [-0.25, -0.2) is 0 Å². The summed E-state index contributed by atoms with van der Waals surface area (Å²) in [4.78, 5) is 0. The maximum Gasteiger partial charge on any atom is 0.134 e. The fourth-order valence-corrected chi connectivity index (χ4v) is 2.92. The van der Waals surface area contributed by atoms with Gasteiger partial charge in [-0.2, -0.15) is 0 Å². The highest BCUT2D eigenvalue weighted by molar-refractivity contribution is 5.96. The average molecular weight is 322 g/mol. The molecule has 0 spiro atoms. The molecule has 0 radical (unpaired) electrons. The zero-order valence-electron chi connectivity index (χ0n) is 15.4. The second-order valence-electron chi connectivity index (χ2n) is 8.59. The molecular formula is C22H26O2. The summed E-state index contributed by atoms with van der Waals surface area (Å²) in [5, 5.41) is 11.4. The van der Waals surface area contributed by atoms with E-state index in [0.717, 1.165) is 22.1 Å². The molecule has 3 aromatic rings. The van der Waals surface area contributed by atoms with E-state index < -0.39 is 0 Å². The van der Waals surface area contributed by atoms with Gasteiger partial charge in [-0.3, -0.25) is 0 Å². The Balaban J connectivity index is 2.17. The molecule has 2 heteroatoms. The standard InChI is InChI=1S/C22H26O2/c1-21(2,3)14-8-10-19(23)17(11-14)18-13-24-20-12-15(22(4,5)6)7-9-16(18)20/h7-13,23H,1-6H3. The maximum atomic E-state index is 10.4. The van der Waals surface area contributed by atoms with Crippen LogP contribution in [0.2, 0.25) is 0 Å². The van der Waals surface area contributed by atoms with E-state index >= 15 is 0 Å². The van der Waals surface area contributed by atoms with Crippen LogP contribution >= 0.6 is 0 Å². The van der Waals surface area contributed by atoms with E-state index in [2.05, 4.69) is 65.8 Å². The van der Waals surface area contributed by atoms with Gasteiger partial charge in [0.25, 0.3) is 0 Å². The van der Waals surface area contributed by atoms with Crippen molar-refractivity contribution in [2.45, 2.75) is 52.4 Å². The van der Waals surface area contributed by atoms with Crippen LogP contribution in [0.15, 0.2) is 47.1 Å². The van der Waals surface area contributed by atoms with E-state index in [1.54, 1.807) is 12.3 Å². The predicted molar refractivity (Wildman–Crippen MR) is 101 cm³/mol. The van der Waals surface area contributed by atoms with Crippen molar-refractivity contribution in [3.05, 3.63) is 53.8 Å². The van der Waals surface area contributed by atoms with Crippen LogP contribution < -0.4 is 0 Å². The lowest BCUT2D eigenvalue weighted by Gasteiger charge is -2.20. The summed E-state index contributed by atoms with van der Waals surface area (Å²) < 4.78 is 5.81. The van der Waals surface area contributed by atoms with Crippen LogP contribution in [0.5, 0.6) is 5.75 Å². The van der Waals surface area contributed by atoms with Crippen LogP contribution in [0.1, 0.15) is 52.7 Å². The quantitative estimate of drug-likeness (QED) is 0.562. The van der Waals surface area contributed by atoms with Gasteiger partial charge in [-0.15, -0.1) is 0 Å². The van der Waals surface area contributed by atoms with Crippen molar-refractivity contribution < 1.29 is 9.52 Å². The summed E-state index contributed by atoms with van der Waals surface area (Å²) in [6.07, 6.45) is 1.75. The number of phenols is 1. The molecule has 1 heterocycles. The third-order valence-corrected chi connectivity index (χ3v) is 4.59. The summed E-state index contributed by atoms with van der Waals surface area (Å²) >= 11 is 0. The molecule has 24 heavy (non-hydrogen) atoms. The van der Waals surface area contributed by atoms with Gasteiger partial charge < -0.3 is 9.52 Å². The van der Waals surface area contributed by atoms with Gasteiger partial charge in [-0.1, -0.05) is 59.7 Å². The molecule has 0 fully saturated rings. The molecule has 0 bridgehead atoms. The van der Waals surface area contributed by atoms with Gasteiger partial charge in [0.1, 0.15) is 11.3 Å². The van der Waals surface area contributed by atoms with Gasteiger partial charge in [-0.05, 0) is 40.2 Å². The van der Waals surface area contributed by atoms with Crippen molar-refractivity contribution in [2.24, 2.45) is 0 Å². The molecule has 0 saturated heterocycles. The zero-order chi connectivity index (χ0) is 17.7. The Morgan fingerprint density at radius 3 is 1.96 bits per heavy atom. The molecule has 0 amide bonds. The fraction of sp³-hybridized carbons (Fsp3) is 0.364. The first-order valence-corrected chi connectivity index (χ1v) is 8.43. The van der Waals surface area contributed by atoms with Crippen LogP contribution in [0.3, 0.4) is 0 Å².